The highest BCUT2D eigenvalue weighted by atomic mass is 31.2. The fraction of sp³-hybridized carbons (Fsp3) is 0.684. The maximum Gasteiger partial charge on any atom is 0.330 e. The quantitative estimate of drug-likeness (QED) is 0.356. The number of methoxy groups -OCH3 is 1. The van der Waals surface area contributed by atoms with Crippen molar-refractivity contribution in [1.29, 1.82) is 0 Å². The molecule has 0 spiro atoms. The Hall–Kier alpha value is -0.653. The van der Waals surface area contributed by atoms with Crippen molar-refractivity contribution in [3.8, 4) is 5.75 Å². The van der Waals surface area contributed by atoms with Gasteiger partial charge in [0.2, 0.25) is 8.32 Å². The predicted octanol–water partition coefficient (Wildman–Crippen LogP) is 5.98. The highest BCUT2D eigenvalue weighted by molar-refractivity contribution is 7.53. The van der Waals surface area contributed by atoms with Gasteiger partial charge in [-0.2, -0.15) is 0 Å². The third kappa shape index (κ3) is 6.50. The van der Waals surface area contributed by atoms with E-state index in [0.29, 0.717) is 19.4 Å². The molecule has 0 aliphatic carbocycles. The maximum atomic E-state index is 12.4. The van der Waals surface area contributed by atoms with Crippen molar-refractivity contribution in [2.24, 2.45) is 0 Å². The van der Waals surface area contributed by atoms with Crippen molar-refractivity contribution in [3.63, 3.8) is 0 Å². The lowest BCUT2D eigenvalue weighted by atomic mass is 10.1. The Morgan fingerprint density at radius 3 is 2.23 bits per heavy atom. The molecule has 1 atom stereocenters. The van der Waals surface area contributed by atoms with Crippen LogP contribution in [0.4, 0.5) is 0 Å². The van der Waals surface area contributed by atoms with E-state index in [-0.39, 0.29) is 11.6 Å². The average Bonchev–Trinajstić information content (AvgIpc) is 2.54. The molecule has 0 saturated heterocycles. The van der Waals surface area contributed by atoms with Crippen LogP contribution in [0.25, 0.3) is 0 Å². The Labute approximate surface area is 160 Å². The van der Waals surface area contributed by atoms with E-state index in [2.05, 4.69) is 33.9 Å². The van der Waals surface area contributed by atoms with Crippen molar-refractivity contribution in [1.82, 2.24) is 0 Å². The SMILES string of the molecule is CCOP(=O)(CC)OCc1ccc(O[Si](C)(C)C(C)(C)C)c(COC)c1. The number of rotatable bonds is 10. The van der Waals surface area contributed by atoms with Crippen LogP contribution in [0.2, 0.25) is 18.1 Å². The van der Waals surface area contributed by atoms with Gasteiger partial charge >= 0.3 is 7.60 Å². The number of hydrogen-bond acceptors (Lipinski definition) is 5. The Morgan fingerprint density at radius 2 is 1.73 bits per heavy atom. The number of ether oxygens (including phenoxy) is 1. The molecule has 0 heterocycles. The first-order valence-corrected chi connectivity index (χ1v) is 13.8. The topological polar surface area (TPSA) is 54.0 Å². The van der Waals surface area contributed by atoms with Gasteiger partial charge in [-0.25, -0.2) is 0 Å². The summed E-state index contributed by atoms with van der Waals surface area (Å²) >= 11 is 0. The van der Waals surface area contributed by atoms with E-state index in [1.165, 1.54) is 0 Å². The van der Waals surface area contributed by atoms with E-state index >= 15 is 0 Å². The highest BCUT2D eigenvalue weighted by Gasteiger charge is 2.39. The van der Waals surface area contributed by atoms with Gasteiger partial charge in [0.15, 0.2) is 0 Å². The van der Waals surface area contributed by atoms with Crippen LogP contribution < -0.4 is 4.43 Å². The second-order valence-corrected chi connectivity index (χ2v) is 15.0. The van der Waals surface area contributed by atoms with Gasteiger partial charge in [-0.15, -0.1) is 0 Å². The molecule has 0 aliphatic rings. The summed E-state index contributed by atoms with van der Waals surface area (Å²) in [6, 6.07) is 5.91. The zero-order valence-electron chi connectivity index (χ0n) is 17.5. The first kappa shape index (κ1) is 23.4. The Kier molecular flexibility index (Phi) is 8.56. The van der Waals surface area contributed by atoms with E-state index in [9.17, 15) is 4.57 Å². The molecule has 1 unspecified atom stereocenters. The number of benzene rings is 1. The normalized spacial score (nSPS) is 14.9. The summed E-state index contributed by atoms with van der Waals surface area (Å²) in [6.07, 6.45) is 0.359. The molecule has 1 aromatic carbocycles. The molecule has 0 aliphatic heterocycles. The molecular weight excluding hydrogens is 367 g/mol. The molecule has 7 heteroatoms. The third-order valence-electron chi connectivity index (χ3n) is 4.74. The minimum atomic E-state index is -3.02. The fourth-order valence-electron chi connectivity index (χ4n) is 2.11. The lowest BCUT2D eigenvalue weighted by Gasteiger charge is -2.37. The van der Waals surface area contributed by atoms with Crippen molar-refractivity contribution in [2.45, 2.75) is 66.0 Å². The first-order chi connectivity index (χ1) is 12.0. The third-order valence-corrected chi connectivity index (χ3v) is 11.0. The summed E-state index contributed by atoms with van der Waals surface area (Å²) < 4.78 is 35.1. The molecule has 0 saturated carbocycles. The molecule has 1 aromatic rings. The van der Waals surface area contributed by atoms with E-state index in [1.807, 2.05) is 32.0 Å². The minimum Gasteiger partial charge on any atom is -0.543 e. The van der Waals surface area contributed by atoms with Gasteiger partial charge < -0.3 is 18.2 Å². The Balaban J connectivity index is 3.00. The molecule has 26 heavy (non-hydrogen) atoms. The molecule has 0 N–H and O–H groups in total. The van der Waals surface area contributed by atoms with Crippen LogP contribution in [0, 0.1) is 0 Å². The van der Waals surface area contributed by atoms with Crippen LogP contribution in [-0.2, 0) is 31.6 Å². The lowest BCUT2D eigenvalue weighted by molar-refractivity contribution is 0.182. The molecule has 0 aromatic heterocycles. The van der Waals surface area contributed by atoms with Crippen LogP contribution in [0.15, 0.2) is 18.2 Å². The minimum absolute atomic E-state index is 0.115. The molecule has 1 rings (SSSR count). The molecule has 0 fully saturated rings. The second-order valence-electron chi connectivity index (χ2n) is 7.86. The van der Waals surface area contributed by atoms with Crippen molar-refractivity contribution >= 4 is 15.9 Å². The predicted molar refractivity (Wildman–Crippen MR) is 110 cm³/mol. The van der Waals surface area contributed by atoms with Crippen LogP contribution in [-0.4, -0.2) is 28.2 Å². The highest BCUT2D eigenvalue weighted by Crippen LogP contribution is 2.48. The van der Waals surface area contributed by atoms with Crippen LogP contribution in [0.1, 0.15) is 45.7 Å². The van der Waals surface area contributed by atoms with Gasteiger partial charge in [0.1, 0.15) is 5.75 Å². The smallest absolute Gasteiger partial charge is 0.330 e. The lowest BCUT2D eigenvalue weighted by Crippen LogP contribution is -2.44. The molecule has 0 bridgehead atoms. The zero-order valence-corrected chi connectivity index (χ0v) is 19.4. The summed E-state index contributed by atoms with van der Waals surface area (Å²) in [5.74, 6) is 0.852. The van der Waals surface area contributed by atoms with Crippen molar-refractivity contribution in [3.05, 3.63) is 29.3 Å². The van der Waals surface area contributed by atoms with Gasteiger partial charge in [-0.1, -0.05) is 33.8 Å². The molecule has 0 amide bonds. The molecular formula is C19H35O5PSi. The second kappa shape index (κ2) is 9.51. The average molecular weight is 403 g/mol. The van der Waals surface area contributed by atoms with Crippen molar-refractivity contribution < 1.29 is 22.8 Å². The fourth-order valence-corrected chi connectivity index (χ4v) is 4.34. The summed E-state index contributed by atoms with van der Waals surface area (Å²) in [5, 5.41) is 0.115. The van der Waals surface area contributed by atoms with E-state index in [1.54, 1.807) is 7.11 Å². The molecule has 5 nitrogen and oxygen atoms in total. The number of hydrogen-bond donors (Lipinski definition) is 0. The summed E-state index contributed by atoms with van der Waals surface area (Å²) in [5.41, 5.74) is 1.90. The van der Waals surface area contributed by atoms with Gasteiger partial charge in [0, 0.05) is 18.8 Å². The molecule has 150 valence electrons. The Morgan fingerprint density at radius 1 is 1.08 bits per heavy atom. The van der Waals surface area contributed by atoms with Gasteiger partial charge in [-0.3, -0.25) is 4.57 Å². The van der Waals surface area contributed by atoms with E-state index < -0.39 is 15.9 Å². The largest absolute Gasteiger partial charge is 0.543 e. The monoisotopic (exact) mass is 402 g/mol. The van der Waals surface area contributed by atoms with Gasteiger partial charge in [-0.05, 0) is 42.8 Å². The standard InChI is InChI=1S/C19H35O5PSi/c1-9-22-25(20,10-2)23-14-16-11-12-18(17(13-16)15-21-6)24-26(7,8)19(3,4)5/h11-13H,9-10,14-15H2,1-8H3. The van der Waals surface area contributed by atoms with Crippen LogP contribution >= 0.6 is 7.60 Å². The Bertz CT molecular complexity index is 625. The molecule has 0 radical (unpaired) electrons. The van der Waals surface area contributed by atoms with Gasteiger partial charge in [0.25, 0.3) is 0 Å². The van der Waals surface area contributed by atoms with E-state index in [4.69, 9.17) is 18.2 Å². The summed E-state index contributed by atoms with van der Waals surface area (Å²) in [4.78, 5) is 0. The summed E-state index contributed by atoms with van der Waals surface area (Å²) in [6.45, 7) is 15.8. The van der Waals surface area contributed by atoms with Crippen molar-refractivity contribution in [2.75, 3.05) is 19.9 Å². The van der Waals surface area contributed by atoms with Gasteiger partial charge in [0.05, 0.1) is 19.8 Å². The first-order valence-electron chi connectivity index (χ1n) is 9.16. The van der Waals surface area contributed by atoms with Crippen LogP contribution in [0.5, 0.6) is 5.75 Å². The van der Waals surface area contributed by atoms with E-state index in [0.717, 1.165) is 16.9 Å². The zero-order chi connectivity index (χ0) is 20.0. The maximum absolute atomic E-state index is 12.4. The van der Waals surface area contributed by atoms with Crippen LogP contribution in [0.3, 0.4) is 0 Å². The summed E-state index contributed by atoms with van der Waals surface area (Å²) in [7, 11) is -3.29.